The van der Waals surface area contributed by atoms with Gasteiger partial charge in [-0.3, -0.25) is 10.1 Å². The summed E-state index contributed by atoms with van der Waals surface area (Å²) in [7, 11) is 1.90. The molecular formula is C14H24N4O2. The van der Waals surface area contributed by atoms with Crippen LogP contribution in [0.2, 0.25) is 0 Å². The zero-order valence-corrected chi connectivity index (χ0v) is 12.6. The lowest BCUT2D eigenvalue weighted by Crippen LogP contribution is -2.46. The largest absolute Gasteiger partial charge is 0.393 e. The Morgan fingerprint density at radius 1 is 1.45 bits per heavy atom. The van der Waals surface area contributed by atoms with Crippen molar-refractivity contribution in [1.29, 1.82) is 0 Å². The first kappa shape index (κ1) is 16.2. The minimum atomic E-state index is -0.456. The summed E-state index contributed by atoms with van der Waals surface area (Å²) in [6, 6.07) is 4.93. The minimum Gasteiger partial charge on any atom is -0.393 e. The van der Waals surface area contributed by atoms with Crippen molar-refractivity contribution in [3.05, 3.63) is 28.3 Å². The number of nitrogens with one attached hydrogen (secondary N) is 1. The Labute approximate surface area is 120 Å². The third kappa shape index (κ3) is 3.60. The van der Waals surface area contributed by atoms with Gasteiger partial charge in [-0.2, -0.15) is 0 Å². The molecule has 6 heteroatoms. The molecule has 0 fully saturated rings. The fourth-order valence-electron chi connectivity index (χ4n) is 2.07. The predicted octanol–water partition coefficient (Wildman–Crippen LogP) is 2.39. The maximum atomic E-state index is 10.8. The monoisotopic (exact) mass is 280 g/mol. The summed E-state index contributed by atoms with van der Waals surface area (Å²) in [5.41, 5.74) is 6.82. The van der Waals surface area contributed by atoms with Crippen LogP contribution < -0.4 is 16.0 Å². The Kier molecular flexibility index (Phi) is 5.33. The molecule has 0 atom stereocenters. The van der Waals surface area contributed by atoms with Crippen molar-refractivity contribution in [2.75, 3.05) is 30.8 Å². The highest BCUT2D eigenvalue weighted by molar-refractivity contribution is 5.67. The van der Waals surface area contributed by atoms with Crippen molar-refractivity contribution in [3.63, 3.8) is 0 Å². The normalized spacial score (nSPS) is 11.4. The van der Waals surface area contributed by atoms with Gasteiger partial charge in [0.2, 0.25) is 0 Å². The van der Waals surface area contributed by atoms with Crippen molar-refractivity contribution < 1.29 is 4.92 Å². The average Bonchev–Trinajstić information content (AvgIpc) is 2.38. The highest BCUT2D eigenvalue weighted by Crippen LogP contribution is 2.31. The van der Waals surface area contributed by atoms with Gasteiger partial charge in [-0.15, -0.1) is 0 Å². The van der Waals surface area contributed by atoms with Crippen molar-refractivity contribution in [2.45, 2.75) is 32.7 Å². The number of nitro benzene ring substituents is 1. The average molecular weight is 280 g/mol. The van der Waals surface area contributed by atoms with E-state index in [1.807, 2.05) is 7.05 Å². The first-order valence-corrected chi connectivity index (χ1v) is 6.79. The fourth-order valence-corrected chi connectivity index (χ4v) is 2.07. The van der Waals surface area contributed by atoms with Crippen LogP contribution in [0.15, 0.2) is 18.2 Å². The second-order valence-corrected chi connectivity index (χ2v) is 5.42. The van der Waals surface area contributed by atoms with Crippen molar-refractivity contribution in [3.8, 4) is 0 Å². The van der Waals surface area contributed by atoms with Gasteiger partial charge < -0.3 is 16.0 Å². The molecule has 6 nitrogen and oxygen atoms in total. The molecule has 0 aromatic heterocycles. The van der Waals surface area contributed by atoms with Crippen LogP contribution in [0.5, 0.6) is 0 Å². The van der Waals surface area contributed by atoms with Gasteiger partial charge in [0.05, 0.1) is 4.92 Å². The molecule has 1 rings (SSSR count). The third-order valence-electron chi connectivity index (χ3n) is 3.70. The Balaban J connectivity index is 3.14. The molecule has 0 radical (unpaired) electrons. The molecule has 1 aromatic rings. The molecule has 0 aliphatic rings. The van der Waals surface area contributed by atoms with E-state index >= 15 is 0 Å². The Morgan fingerprint density at radius 3 is 2.55 bits per heavy atom. The van der Waals surface area contributed by atoms with E-state index in [1.54, 1.807) is 12.1 Å². The number of anilines is 2. The lowest BCUT2D eigenvalue weighted by molar-refractivity contribution is -0.383. The molecule has 0 aliphatic heterocycles. The first-order chi connectivity index (χ1) is 9.33. The second kappa shape index (κ2) is 6.56. The van der Waals surface area contributed by atoms with Gasteiger partial charge in [0.1, 0.15) is 5.69 Å². The van der Waals surface area contributed by atoms with E-state index < -0.39 is 4.92 Å². The highest BCUT2D eigenvalue weighted by Gasteiger charge is 2.25. The molecule has 0 bridgehead atoms. The fraction of sp³-hybridized carbons (Fsp3) is 0.571. The number of nitro groups is 1. The molecule has 20 heavy (non-hydrogen) atoms. The summed E-state index contributed by atoms with van der Waals surface area (Å²) in [6.45, 7) is 8.08. The van der Waals surface area contributed by atoms with Gasteiger partial charge >= 0.3 is 0 Å². The van der Waals surface area contributed by atoms with Crippen LogP contribution in [-0.2, 0) is 0 Å². The van der Waals surface area contributed by atoms with E-state index in [2.05, 4.69) is 31.0 Å². The molecule has 0 saturated carbocycles. The first-order valence-electron chi connectivity index (χ1n) is 6.79. The standard InChI is InChI=1S/C14H24N4O2/c1-5-14(2,3)17(9-8-16-4)11-6-7-13(18(19)20)12(15)10-11/h6-7,10,16H,5,8-9,15H2,1-4H3. The third-order valence-corrected chi connectivity index (χ3v) is 3.70. The lowest BCUT2D eigenvalue weighted by atomic mass is 9.98. The summed E-state index contributed by atoms with van der Waals surface area (Å²) in [5.74, 6) is 0. The van der Waals surface area contributed by atoms with Crippen LogP contribution in [0.3, 0.4) is 0 Å². The van der Waals surface area contributed by atoms with Gasteiger partial charge in [-0.1, -0.05) is 6.92 Å². The van der Waals surface area contributed by atoms with E-state index in [0.29, 0.717) is 0 Å². The van der Waals surface area contributed by atoms with Crippen molar-refractivity contribution >= 4 is 17.1 Å². The second-order valence-electron chi connectivity index (χ2n) is 5.42. The number of hydrogen-bond acceptors (Lipinski definition) is 5. The molecule has 1 aromatic carbocycles. The molecule has 0 unspecified atom stereocenters. The molecular weight excluding hydrogens is 256 g/mol. The van der Waals surface area contributed by atoms with Crippen LogP contribution in [0.4, 0.5) is 17.1 Å². The zero-order chi connectivity index (χ0) is 15.3. The molecule has 0 aliphatic carbocycles. The Hall–Kier alpha value is -1.82. The maximum Gasteiger partial charge on any atom is 0.292 e. The number of hydrogen-bond donors (Lipinski definition) is 2. The van der Waals surface area contributed by atoms with Gasteiger partial charge in [0.15, 0.2) is 0 Å². The van der Waals surface area contributed by atoms with E-state index in [-0.39, 0.29) is 16.9 Å². The molecule has 0 spiro atoms. The topological polar surface area (TPSA) is 84.4 Å². The number of likely N-dealkylation sites (N-methyl/N-ethyl adjacent to an activating group) is 1. The summed E-state index contributed by atoms with van der Waals surface area (Å²) in [4.78, 5) is 12.6. The summed E-state index contributed by atoms with van der Waals surface area (Å²) >= 11 is 0. The number of nitrogen functional groups attached to an aromatic ring is 1. The Bertz CT molecular complexity index is 474. The van der Waals surface area contributed by atoms with Crippen molar-refractivity contribution in [1.82, 2.24) is 5.32 Å². The number of rotatable bonds is 7. The quantitative estimate of drug-likeness (QED) is 0.455. The molecule has 0 heterocycles. The zero-order valence-electron chi connectivity index (χ0n) is 12.6. The van der Waals surface area contributed by atoms with E-state index in [9.17, 15) is 10.1 Å². The highest BCUT2D eigenvalue weighted by atomic mass is 16.6. The van der Waals surface area contributed by atoms with Crippen LogP contribution in [0, 0.1) is 10.1 Å². The molecule has 0 saturated heterocycles. The number of nitrogens with zero attached hydrogens (tertiary/aromatic N) is 2. The van der Waals surface area contributed by atoms with Gasteiger partial charge in [-0.05, 0) is 39.4 Å². The SMILES string of the molecule is CCC(C)(C)N(CCNC)c1ccc([N+](=O)[O-])c(N)c1. The van der Waals surface area contributed by atoms with E-state index in [4.69, 9.17) is 5.73 Å². The van der Waals surface area contributed by atoms with Gasteiger partial charge in [-0.25, -0.2) is 0 Å². The van der Waals surface area contributed by atoms with Crippen LogP contribution in [0.1, 0.15) is 27.2 Å². The van der Waals surface area contributed by atoms with Crippen LogP contribution >= 0.6 is 0 Å². The maximum absolute atomic E-state index is 10.8. The summed E-state index contributed by atoms with van der Waals surface area (Å²) in [6.07, 6.45) is 0.966. The number of nitrogens with two attached hydrogens (primary N) is 1. The predicted molar refractivity (Wildman–Crippen MR) is 83.2 cm³/mol. The van der Waals surface area contributed by atoms with Crippen molar-refractivity contribution in [2.24, 2.45) is 0 Å². The van der Waals surface area contributed by atoms with Crippen LogP contribution in [-0.4, -0.2) is 30.6 Å². The lowest BCUT2D eigenvalue weighted by Gasteiger charge is -2.40. The minimum absolute atomic E-state index is 0.0422. The van der Waals surface area contributed by atoms with E-state index in [0.717, 1.165) is 25.2 Å². The summed E-state index contributed by atoms with van der Waals surface area (Å²) < 4.78 is 0. The van der Waals surface area contributed by atoms with Gasteiger partial charge in [0, 0.05) is 30.4 Å². The number of benzene rings is 1. The van der Waals surface area contributed by atoms with E-state index in [1.165, 1.54) is 6.07 Å². The molecule has 112 valence electrons. The smallest absolute Gasteiger partial charge is 0.292 e. The molecule has 3 N–H and O–H groups in total. The summed E-state index contributed by atoms with van der Waals surface area (Å²) in [5, 5.41) is 14.0. The van der Waals surface area contributed by atoms with Gasteiger partial charge in [0.25, 0.3) is 5.69 Å². The van der Waals surface area contributed by atoms with Crippen LogP contribution in [0.25, 0.3) is 0 Å². The Morgan fingerprint density at radius 2 is 2.10 bits per heavy atom. The molecule has 0 amide bonds.